The summed E-state index contributed by atoms with van der Waals surface area (Å²) >= 11 is 0. The monoisotopic (exact) mass is 502 g/mol. The van der Waals surface area contributed by atoms with Crippen molar-refractivity contribution < 1.29 is 18.0 Å². The molecule has 0 aliphatic carbocycles. The molecule has 0 aliphatic rings. The van der Waals surface area contributed by atoms with Crippen LogP contribution >= 0.6 is 0 Å². The molecule has 0 aliphatic heterocycles. The predicted octanol–water partition coefficient (Wildman–Crippen LogP) is 7.64. The topological polar surface area (TPSA) is 32.3 Å². The van der Waals surface area contributed by atoms with Crippen molar-refractivity contribution in [1.82, 2.24) is 10.2 Å². The van der Waals surface area contributed by atoms with Gasteiger partial charge in [-0.1, -0.05) is 103 Å². The van der Waals surface area contributed by atoms with E-state index < -0.39 is 11.7 Å². The Morgan fingerprint density at radius 2 is 1.22 bits per heavy atom. The largest absolute Gasteiger partial charge is 0.416 e. The van der Waals surface area contributed by atoms with E-state index in [1.807, 2.05) is 66.7 Å². The van der Waals surface area contributed by atoms with Gasteiger partial charge in [-0.3, -0.25) is 0 Å². The van der Waals surface area contributed by atoms with Crippen molar-refractivity contribution in [3.05, 3.63) is 143 Å². The second-order valence-electron chi connectivity index (χ2n) is 8.92. The fourth-order valence-corrected chi connectivity index (χ4v) is 4.34. The maximum Gasteiger partial charge on any atom is 0.416 e. The van der Waals surface area contributed by atoms with Crippen LogP contribution in [0.4, 0.5) is 18.0 Å². The van der Waals surface area contributed by atoms with Gasteiger partial charge >= 0.3 is 12.2 Å². The summed E-state index contributed by atoms with van der Waals surface area (Å²) in [5.41, 5.74) is 3.20. The van der Waals surface area contributed by atoms with Crippen LogP contribution in [0.25, 0.3) is 0 Å². The molecular weight excluding hydrogens is 473 g/mol. The molecular formula is C31H29F3N2O. The highest BCUT2D eigenvalue weighted by Crippen LogP contribution is 2.30. The van der Waals surface area contributed by atoms with Crippen molar-refractivity contribution in [2.24, 2.45) is 0 Å². The molecule has 0 fully saturated rings. The van der Waals surface area contributed by atoms with Gasteiger partial charge in [0, 0.05) is 25.6 Å². The lowest BCUT2D eigenvalue weighted by atomic mass is 9.88. The van der Waals surface area contributed by atoms with Gasteiger partial charge in [0.25, 0.3) is 0 Å². The smallest absolute Gasteiger partial charge is 0.334 e. The predicted molar refractivity (Wildman–Crippen MR) is 140 cm³/mol. The number of halogens is 3. The summed E-state index contributed by atoms with van der Waals surface area (Å²) in [6.45, 7) is 0.995. The molecule has 4 rings (SSSR count). The first-order chi connectivity index (χ1) is 17.9. The molecule has 0 spiro atoms. The van der Waals surface area contributed by atoms with Gasteiger partial charge in [-0.2, -0.15) is 13.2 Å². The van der Waals surface area contributed by atoms with Crippen LogP contribution in [0, 0.1) is 0 Å². The van der Waals surface area contributed by atoms with Crippen LogP contribution in [0.3, 0.4) is 0 Å². The number of nitrogens with zero attached hydrogens (tertiary/aromatic N) is 1. The third-order valence-corrected chi connectivity index (χ3v) is 6.32. The Labute approximate surface area is 215 Å². The fraction of sp³-hybridized carbons (Fsp3) is 0.194. The second-order valence-corrected chi connectivity index (χ2v) is 8.92. The Bertz CT molecular complexity index is 1210. The van der Waals surface area contributed by atoms with Crippen LogP contribution in [0.15, 0.2) is 115 Å². The van der Waals surface area contributed by atoms with Crippen molar-refractivity contribution in [2.45, 2.75) is 31.6 Å². The quantitative estimate of drug-likeness (QED) is 0.251. The van der Waals surface area contributed by atoms with Crippen molar-refractivity contribution in [1.29, 1.82) is 0 Å². The Kier molecular flexibility index (Phi) is 8.62. The average molecular weight is 503 g/mol. The lowest BCUT2D eigenvalue weighted by molar-refractivity contribution is -0.137. The van der Waals surface area contributed by atoms with Gasteiger partial charge in [-0.25, -0.2) is 4.79 Å². The van der Waals surface area contributed by atoms with Gasteiger partial charge in [0.05, 0.1) is 5.56 Å². The Morgan fingerprint density at radius 3 is 1.73 bits per heavy atom. The molecule has 0 atom stereocenters. The zero-order valence-corrected chi connectivity index (χ0v) is 20.4. The molecule has 190 valence electrons. The molecule has 3 nitrogen and oxygen atoms in total. The number of carbonyl (C=O) groups excluding carboxylic acids is 1. The van der Waals surface area contributed by atoms with E-state index in [1.165, 1.54) is 12.1 Å². The third kappa shape index (κ3) is 7.46. The molecule has 0 radical (unpaired) electrons. The van der Waals surface area contributed by atoms with Crippen molar-refractivity contribution in [2.75, 3.05) is 6.54 Å². The highest BCUT2D eigenvalue weighted by atomic mass is 19.4. The van der Waals surface area contributed by atoms with Crippen LogP contribution in [-0.4, -0.2) is 17.5 Å². The first kappa shape index (κ1) is 26.0. The van der Waals surface area contributed by atoms with Crippen molar-refractivity contribution >= 4 is 6.03 Å². The third-order valence-electron chi connectivity index (χ3n) is 6.32. The van der Waals surface area contributed by atoms with E-state index in [4.69, 9.17) is 0 Å². The van der Waals surface area contributed by atoms with Crippen LogP contribution in [0.5, 0.6) is 0 Å². The molecule has 1 N–H and O–H groups in total. The van der Waals surface area contributed by atoms with Crippen molar-refractivity contribution in [3.63, 3.8) is 0 Å². The van der Waals surface area contributed by atoms with E-state index in [9.17, 15) is 18.0 Å². The van der Waals surface area contributed by atoms with E-state index in [0.29, 0.717) is 25.1 Å². The summed E-state index contributed by atoms with van der Waals surface area (Å²) in [6, 6.07) is 34.6. The molecule has 0 unspecified atom stereocenters. The first-order valence-corrected chi connectivity index (χ1v) is 12.2. The SMILES string of the molecule is O=C(NCc1ccccc1)N(CCC(c1ccccc1)c1ccccc1)Cc1ccc(C(F)(F)F)cc1. The number of urea groups is 1. The Morgan fingerprint density at radius 1 is 0.703 bits per heavy atom. The molecule has 2 amide bonds. The number of benzene rings is 4. The summed E-state index contributed by atoms with van der Waals surface area (Å²) in [4.78, 5) is 14.9. The highest BCUT2D eigenvalue weighted by molar-refractivity contribution is 5.74. The molecule has 0 heterocycles. The molecule has 0 saturated heterocycles. The summed E-state index contributed by atoms with van der Waals surface area (Å²) < 4.78 is 39.1. The minimum atomic E-state index is -4.40. The zero-order chi connectivity index (χ0) is 26.1. The number of alkyl halides is 3. The lowest BCUT2D eigenvalue weighted by Crippen LogP contribution is -2.40. The van der Waals surface area contributed by atoms with E-state index in [-0.39, 0.29) is 18.5 Å². The second kappa shape index (κ2) is 12.3. The van der Waals surface area contributed by atoms with Crippen molar-refractivity contribution in [3.8, 4) is 0 Å². The Balaban J connectivity index is 1.53. The van der Waals surface area contributed by atoms with Crippen LogP contribution in [0.2, 0.25) is 0 Å². The zero-order valence-electron chi connectivity index (χ0n) is 20.4. The van der Waals surface area contributed by atoms with Crippen LogP contribution in [-0.2, 0) is 19.3 Å². The molecule has 0 saturated carbocycles. The Hall–Kier alpha value is -4.06. The summed E-state index contributed by atoms with van der Waals surface area (Å²) in [5.74, 6) is 0.0689. The summed E-state index contributed by atoms with van der Waals surface area (Å²) in [7, 11) is 0. The number of nitrogens with one attached hydrogen (secondary N) is 1. The van der Waals surface area contributed by atoms with E-state index in [2.05, 4.69) is 29.6 Å². The standard InChI is InChI=1S/C31H29F3N2O/c32-31(33,34)28-18-16-25(17-19-28)23-36(30(37)35-22-24-10-4-1-5-11-24)21-20-29(26-12-6-2-7-13-26)27-14-8-3-9-15-27/h1-19,29H,20-23H2,(H,35,37). The van der Waals surface area contributed by atoms with Gasteiger partial charge < -0.3 is 10.2 Å². The van der Waals surface area contributed by atoms with Gasteiger partial charge in [-0.15, -0.1) is 0 Å². The van der Waals surface area contributed by atoms with Gasteiger partial charge in [0.2, 0.25) is 0 Å². The molecule has 4 aromatic carbocycles. The number of hydrogen-bond donors (Lipinski definition) is 1. The number of amides is 2. The van der Waals surface area contributed by atoms with E-state index in [0.717, 1.165) is 28.8 Å². The minimum Gasteiger partial charge on any atom is -0.334 e. The molecule has 37 heavy (non-hydrogen) atoms. The van der Waals surface area contributed by atoms with Crippen LogP contribution < -0.4 is 5.32 Å². The summed E-state index contributed by atoms with van der Waals surface area (Å²) in [6.07, 6.45) is -3.74. The molecule has 0 bridgehead atoms. The molecule has 0 aromatic heterocycles. The minimum absolute atomic E-state index is 0.0689. The first-order valence-electron chi connectivity index (χ1n) is 12.2. The number of hydrogen-bond acceptors (Lipinski definition) is 1. The summed E-state index contributed by atoms with van der Waals surface area (Å²) in [5, 5.41) is 2.97. The van der Waals surface area contributed by atoms with Gasteiger partial charge in [-0.05, 0) is 40.8 Å². The van der Waals surface area contributed by atoms with Gasteiger partial charge in [0.1, 0.15) is 0 Å². The maximum absolute atomic E-state index is 13.3. The van der Waals surface area contributed by atoms with Crippen LogP contribution in [0.1, 0.15) is 40.2 Å². The van der Waals surface area contributed by atoms with E-state index >= 15 is 0 Å². The maximum atomic E-state index is 13.3. The van der Waals surface area contributed by atoms with Gasteiger partial charge in [0.15, 0.2) is 0 Å². The molecule has 4 aromatic rings. The van der Waals surface area contributed by atoms with E-state index in [1.54, 1.807) is 4.90 Å². The molecule has 6 heteroatoms. The fourth-order valence-electron chi connectivity index (χ4n) is 4.34. The highest BCUT2D eigenvalue weighted by Gasteiger charge is 2.30. The average Bonchev–Trinajstić information content (AvgIpc) is 2.93. The lowest BCUT2D eigenvalue weighted by Gasteiger charge is -2.27. The number of rotatable bonds is 9. The number of carbonyl (C=O) groups is 1. The normalized spacial score (nSPS) is 11.4.